The summed E-state index contributed by atoms with van der Waals surface area (Å²) >= 11 is 0. The molecule has 0 aromatic heterocycles. The van der Waals surface area contributed by atoms with E-state index in [0.29, 0.717) is 6.61 Å². The molecule has 0 amide bonds. The highest BCUT2D eigenvalue weighted by molar-refractivity contribution is 4.56. The lowest BCUT2D eigenvalue weighted by molar-refractivity contribution is -0.426. The third-order valence-corrected chi connectivity index (χ3v) is 1.37. The van der Waals surface area contributed by atoms with Crippen molar-refractivity contribution in [2.24, 2.45) is 0 Å². The zero-order valence-corrected chi connectivity index (χ0v) is 4.93. The second-order valence-corrected chi connectivity index (χ2v) is 2.19. The summed E-state index contributed by atoms with van der Waals surface area (Å²) in [5.41, 5.74) is 0. The zero-order valence-electron chi connectivity index (χ0n) is 4.93. The smallest absolute Gasteiger partial charge is 0.0465 e. The van der Waals surface area contributed by atoms with Gasteiger partial charge in [0.05, 0.1) is 0 Å². The molecule has 8 heavy (non-hydrogen) atoms. The van der Waals surface area contributed by atoms with Crippen LogP contribution in [0.15, 0.2) is 0 Å². The van der Waals surface area contributed by atoms with Crippen molar-refractivity contribution in [2.45, 2.75) is 25.4 Å². The third-order valence-electron chi connectivity index (χ3n) is 1.37. The van der Waals surface area contributed by atoms with Crippen LogP contribution in [-0.4, -0.2) is 19.3 Å². The molecule has 1 atom stereocenters. The van der Waals surface area contributed by atoms with Gasteiger partial charge in [0.25, 0.3) is 0 Å². The minimum Gasteiger partial charge on any atom is -0.850 e. The summed E-state index contributed by atoms with van der Waals surface area (Å²) in [6, 6.07) is 0. The molecular weight excluding hydrogens is 104 g/mol. The van der Waals surface area contributed by atoms with E-state index < -0.39 is 6.10 Å². The topological polar surface area (TPSA) is 32.3 Å². The van der Waals surface area contributed by atoms with Gasteiger partial charge < -0.3 is 9.84 Å². The molecule has 0 aliphatic carbocycles. The highest BCUT2D eigenvalue weighted by Crippen LogP contribution is 2.04. The fourth-order valence-electron chi connectivity index (χ4n) is 0.874. The Balaban J connectivity index is 2.17. The second kappa shape index (κ2) is 3.05. The first-order valence-electron chi connectivity index (χ1n) is 3.13. The van der Waals surface area contributed by atoms with Gasteiger partial charge in [0.15, 0.2) is 0 Å². The maximum Gasteiger partial charge on any atom is 0.0465 e. The highest BCUT2D eigenvalue weighted by Gasteiger charge is 1.99. The van der Waals surface area contributed by atoms with Crippen molar-refractivity contribution >= 4 is 0 Å². The van der Waals surface area contributed by atoms with Crippen LogP contribution < -0.4 is 5.11 Å². The van der Waals surface area contributed by atoms with Gasteiger partial charge in [-0.3, -0.25) is 0 Å². The van der Waals surface area contributed by atoms with E-state index in [1.807, 2.05) is 0 Å². The molecule has 1 aliphatic rings. The molecule has 0 aromatic carbocycles. The third kappa shape index (κ3) is 1.80. The number of ether oxygens (including phenoxy) is 1. The molecule has 0 aromatic rings. The van der Waals surface area contributed by atoms with Gasteiger partial charge in [-0.05, 0) is 6.42 Å². The molecular formula is C6H11O2-. The van der Waals surface area contributed by atoms with Gasteiger partial charge >= 0.3 is 0 Å². The van der Waals surface area contributed by atoms with E-state index in [2.05, 4.69) is 0 Å². The van der Waals surface area contributed by atoms with Crippen molar-refractivity contribution < 1.29 is 9.84 Å². The molecule has 0 saturated carbocycles. The number of rotatable bonds is 0. The molecule has 1 rings (SSSR count). The van der Waals surface area contributed by atoms with Crippen LogP contribution in [0.25, 0.3) is 0 Å². The van der Waals surface area contributed by atoms with E-state index in [0.717, 1.165) is 25.9 Å². The van der Waals surface area contributed by atoms with E-state index in [-0.39, 0.29) is 0 Å². The maximum atomic E-state index is 10.6. The van der Waals surface area contributed by atoms with E-state index >= 15 is 0 Å². The first-order chi connectivity index (χ1) is 3.89. The first kappa shape index (κ1) is 6.05. The average Bonchev–Trinajstić information content (AvgIpc) is 1.94. The summed E-state index contributed by atoms with van der Waals surface area (Å²) in [6.45, 7) is 1.22. The molecule has 0 spiro atoms. The Kier molecular flexibility index (Phi) is 2.30. The van der Waals surface area contributed by atoms with E-state index in [1.54, 1.807) is 0 Å². The summed E-state index contributed by atoms with van der Waals surface area (Å²) in [7, 11) is 0. The van der Waals surface area contributed by atoms with Crippen molar-refractivity contribution in [3.8, 4) is 0 Å². The fourth-order valence-corrected chi connectivity index (χ4v) is 0.874. The van der Waals surface area contributed by atoms with Gasteiger partial charge in [-0.15, -0.1) is 6.10 Å². The van der Waals surface area contributed by atoms with Crippen LogP contribution in [0.1, 0.15) is 19.3 Å². The second-order valence-electron chi connectivity index (χ2n) is 2.19. The van der Waals surface area contributed by atoms with Gasteiger partial charge in [-0.2, -0.15) is 0 Å². The van der Waals surface area contributed by atoms with Crippen molar-refractivity contribution in [2.75, 3.05) is 13.2 Å². The molecule has 0 radical (unpaired) electrons. The minimum absolute atomic E-state index is 0.431. The van der Waals surface area contributed by atoms with E-state index in [1.165, 1.54) is 0 Å². The normalized spacial score (nSPS) is 31.9. The lowest BCUT2D eigenvalue weighted by atomic mass is 10.2. The van der Waals surface area contributed by atoms with E-state index in [9.17, 15) is 5.11 Å². The molecule has 48 valence electrons. The molecule has 0 N–H and O–H groups in total. The maximum absolute atomic E-state index is 10.6. The molecule has 0 bridgehead atoms. The predicted octanol–water partition coefficient (Wildman–Crippen LogP) is -0.0842. The van der Waals surface area contributed by atoms with Gasteiger partial charge in [0, 0.05) is 13.2 Å². The molecule has 2 heteroatoms. The van der Waals surface area contributed by atoms with Crippen molar-refractivity contribution in [3.63, 3.8) is 0 Å². The Bertz CT molecular complexity index is 55.5. The van der Waals surface area contributed by atoms with Gasteiger partial charge in [-0.1, -0.05) is 12.8 Å². The molecule has 1 heterocycles. The summed E-state index contributed by atoms with van der Waals surface area (Å²) in [5, 5.41) is 10.6. The van der Waals surface area contributed by atoms with Crippen molar-refractivity contribution in [3.05, 3.63) is 0 Å². The Morgan fingerprint density at radius 3 is 3.12 bits per heavy atom. The zero-order chi connectivity index (χ0) is 5.82. The van der Waals surface area contributed by atoms with Crippen LogP contribution >= 0.6 is 0 Å². The molecule has 1 unspecified atom stereocenters. The van der Waals surface area contributed by atoms with Gasteiger partial charge in [0.2, 0.25) is 0 Å². The van der Waals surface area contributed by atoms with Crippen LogP contribution in [0.2, 0.25) is 0 Å². The molecule has 2 nitrogen and oxygen atoms in total. The van der Waals surface area contributed by atoms with Crippen molar-refractivity contribution in [1.82, 2.24) is 0 Å². The molecule has 1 saturated heterocycles. The quantitative estimate of drug-likeness (QED) is 0.442. The summed E-state index contributed by atoms with van der Waals surface area (Å²) in [6.07, 6.45) is 2.48. The lowest BCUT2D eigenvalue weighted by Crippen LogP contribution is -2.28. The minimum atomic E-state index is -0.447. The number of hydrogen-bond donors (Lipinski definition) is 0. The lowest BCUT2D eigenvalue weighted by Gasteiger charge is -2.17. The van der Waals surface area contributed by atoms with Crippen molar-refractivity contribution in [1.29, 1.82) is 0 Å². The Hall–Kier alpha value is -0.0800. The van der Waals surface area contributed by atoms with Crippen LogP contribution in [-0.2, 0) is 4.74 Å². The van der Waals surface area contributed by atoms with Gasteiger partial charge in [-0.25, -0.2) is 0 Å². The standard InChI is InChI=1S/C6H11O2/c7-6-3-1-2-4-8-5-6/h6H,1-5H2/q-1. The predicted molar refractivity (Wildman–Crippen MR) is 28.5 cm³/mol. The Morgan fingerprint density at radius 1 is 1.38 bits per heavy atom. The average molecular weight is 115 g/mol. The van der Waals surface area contributed by atoms with Crippen LogP contribution in [0.3, 0.4) is 0 Å². The van der Waals surface area contributed by atoms with E-state index in [4.69, 9.17) is 4.74 Å². The fraction of sp³-hybridized carbons (Fsp3) is 1.00. The highest BCUT2D eigenvalue weighted by atomic mass is 16.5. The Morgan fingerprint density at radius 2 is 2.25 bits per heavy atom. The number of hydrogen-bond acceptors (Lipinski definition) is 2. The monoisotopic (exact) mass is 115 g/mol. The largest absolute Gasteiger partial charge is 0.850 e. The molecule has 1 fully saturated rings. The SMILES string of the molecule is [O-]C1CCCCOC1. The first-order valence-corrected chi connectivity index (χ1v) is 3.13. The summed E-state index contributed by atoms with van der Waals surface area (Å²) in [5.74, 6) is 0. The Labute approximate surface area is 49.5 Å². The summed E-state index contributed by atoms with van der Waals surface area (Å²) in [4.78, 5) is 0. The van der Waals surface area contributed by atoms with Crippen LogP contribution in [0, 0.1) is 0 Å². The summed E-state index contributed by atoms with van der Waals surface area (Å²) < 4.78 is 4.99. The molecule has 1 aliphatic heterocycles. The van der Waals surface area contributed by atoms with Crippen LogP contribution in [0.4, 0.5) is 0 Å². The van der Waals surface area contributed by atoms with Crippen LogP contribution in [0.5, 0.6) is 0 Å². The van der Waals surface area contributed by atoms with Gasteiger partial charge in [0.1, 0.15) is 0 Å².